The molecule has 0 radical (unpaired) electrons. The van der Waals surface area contributed by atoms with Crippen molar-refractivity contribution in [1.29, 1.82) is 0 Å². The van der Waals surface area contributed by atoms with E-state index >= 15 is 0 Å². The number of aromatic nitrogens is 2. The molecule has 1 aromatic heterocycles. The van der Waals surface area contributed by atoms with E-state index in [2.05, 4.69) is 27.5 Å². The van der Waals surface area contributed by atoms with Gasteiger partial charge in [0.25, 0.3) is 0 Å². The van der Waals surface area contributed by atoms with E-state index in [1.165, 1.54) is 18.9 Å². The topological polar surface area (TPSA) is 113 Å². The van der Waals surface area contributed by atoms with Crippen LogP contribution in [0.4, 0.5) is 11.6 Å². The third-order valence-electron chi connectivity index (χ3n) is 5.79. The molecule has 1 aliphatic carbocycles. The fourth-order valence-electron chi connectivity index (χ4n) is 4.03. The molecular formula is C24H30N4O4S. The lowest BCUT2D eigenvalue weighted by molar-refractivity contribution is -0.116. The molecule has 3 N–H and O–H groups in total. The molecule has 0 atom stereocenters. The molecule has 9 heteroatoms. The summed E-state index contributed by atoms with van der Waals surface area (Å²) in [6.45, 7) is 2.08. The van der Waals surface area contributed by atoms with Crippen LogP contribution >= 0.6 is 0 Å². The Morgan fingerprint density at radius 2 is 1.88 bits per heavy atom. The summed E-state index contributed by atoms with van der Waals surface area (Å²) >= 11 is 0. The molecule has 1 amide bonds. The van der Waals surface area contributed by atoms with Crippen molar-refractivity contribution in [2.24, 2.45) is 0 Å². The van der Waals surface area contributed by atoms with E-state index in [-0.39, 0.29) is 16.6 Å². The standard InChI is InChI=1S/C24H30N4O4S/c1-2-3-4-9-23(29)28-24-26-21-15-12-19(16-22(21)27-24)32-33(30,31)20-13-10-18(11-14-20)25-17-7-5-6-8-17/h10-17,25H,2-9H2,1H3,(H2,26,27,28,29). The number of carbonyl (C=O) groups is 1. The number of fused-ring (bicyclic) bond motifs is 1. The third-order valence-corrected chi connectivity index (χ3v) is 7.06. The van der Waals surface area contributed by atoms with Gasteiger partial charge in [-0.3, -0.25) is 10.1 Å². The average molecular weight is 471 g/mol. The van der Waals surface area contributed by atoms with Crippen LogP contribution < -0.4 is 14.8 Å². The van der Waals surface area contributed by atoms with Crippen LogP contribution in [0.1, 0.15) is 58.3 Å². The van der Waals surface area contributed by atoms with Crippen LogP contribution in [0.15, 0.2) is 47.4 Å². The van der Waals surface area contributed by atoms with Crippen LogP contribution in [0, 0.1) is 0 Å². The Morgan fingerprint density at radius 3 is 2.61 bits per heavy atom. The smallest absolute Gasteiger partial charge is 0.339 e. The molecule has 0 spiro atoms. The van der Waals surface area contributed by atoms with Gasteiger partial charge in [-0.15, -0.1) is 0 Å². The van der Waals surface area contributed by atoms with Crippen molar-refractivity contribution in [3.05, 3.63) is 42.5 Å². The van der Waals surface area contributed by atoms with Crippen LogP contribution in [-0.4, -0.2) is 30.3 Å². The number of imidazole rings is 1. The van der Waals surface area contributed by atoms with E-state index in [0.29, 0.717) is 29.4 Å². The predicted molar refractivity (Wildman–Crippen MR) is 129 cm³/mol. The van der Waals surface area contributed by atoms with Crippen molar-refractivity contribution >= 4 is 38.7 Å². The van der Waals surface area contributed by atoms with Gasteiger partial charge >= 0.3 is 10.1 Å². The number of anilines is 2. The Hall–Kier alpha value is -3.07. The number of nitrogens with zero attached hydrogens (tertiary/aromatic N) is 1. The normalized spacial score (nSPS) is 14.5. The van der Waals surface area contributed by atoms with Crippen LogP contribution in [0.3, 0.4) is 0 Å². The highest BCUT2D eigenvalue weighted by Gasteiger charge is 2.19. The minimum absolute atomic E-state index is 0.0848. The SMILES string of the molecule is CCCCCC(=O)Nc1nc2cc(OS(=O)(=O)c3ccc(NC4CCCC4)cc3)ccc2[nH]1. The molecule has 0 bridgehead atoms. The molecule has 0 aliphatic heterocycles. The first-order valence-corrected chi connectivity index (χ1v) is 12.9. The first-order valence-electron chi connectivity index (χ1n) is 11.5. The highest BCUT2D eigenvalue weighted by molar-refractivity contribution is 7.87. The van der Waals surface area contributed by atoms with Gasteiger partial charge in [-0.25, -0.2) is 4.98 Å². The monoisotopic (exact) mass is 470 g/mol. The van der Waals surface area contributed by atoms with Gasteiger partial charge in [0.2, 0.25) is 11.9 Å². The molecule has 176 valence electrons. The molecular weight excluding hydrogens is 440 g/mol. The number of aromatic amines is 1. The van der Waals surface area contributed by atoms with E-state index in [1.54, 1.807) is 36.4 Å². The van der Waals surface area contributed by atoms with Gasteiger partial charge in [-0.1, -0.05) is 32.6 Å². The third kappa shape index (κ3) is 6.04. The zero-order valence-corrected chi connectivity index (χ0v) is 19.6. The minimum atomic E-state index is -3.99. The summed E-state index contributed by atoms with van der Waals surface area (Å²) in [6.07, 6.45) is 8.05. The summed E-state index contributed by atoms with van der Waals surface area (Å²) in [6, 6.07) is 11.8. The Bertz CT molecular complexity index is 1200. The van der Waals surface area contributed by atoms with Gasteiger partial charge in [0.1, 0.15) is 10.6 Å². The number of benzene rings is 2. The van der Waals surface area contributed by atoms with Crippen LogP contribution in [0.5, 0.6) is 5.75 Å². The van der Waals surface area contributed by atoms with Crippen molar-refractivity contribution in [3.63, 3.8) is 0 Å². The fraction of sp³-hybridized carbons (Fsp3) is 0.417. The summed E-state index contributed by atoms with van der Waals surface area (Å²) in [5, 5.41) is 6.19. The predicted octanol–water partition coefficient (Wildman–Crippen LogP) is 5.20. The maximum absolute atomic E-state index is 12.7. The van der Waals surface area contributed by atoms with Crippen molar-refractivity contribution in [2.45, 2.75) is 69.2 Å². The van der Waals surface area contributed by atoms with E-state index in [9.17, 15) is 13.2 Å². The van der Waals surface area contributed by atoms with E-state index in [4.69, 9.17) is 4.18 Å². The second kappa shape index (κ2) is 10.2. The number of carbonyl (C=O) groups excluding carboxylic acids is 1. The highest BCUT2D eigenvalue weighted by atomic mass is 32.2. The molecule has 0 unspecified atom stereocenters. The van der Waals surface area contributed by atoms with Gasteiger partial charge in [0, 0.05) is 24.2 Å². The number of nitrogens with one attached hydrogen (secondary N) is 3. The largest absolute Gasteiger partial charge is 0.382 e. The molecule has 0 saturated heterocycles. The van der Waals surface area contributed by atoms with Gasteiger partial charge in [0.15, 0.2) is 0 Å². The highest BCUT2D eigenvalue weighted by Crippen LogP contribution is 2.26. The van der Waals surface area contributed by atoms with Crippen LogP contribution in [-0.2, 0) is 14.9 Å². The van der Waals surface area contributed by atoms with Gasteiger partial charge in [0.05, 0.1) is 11.0 Å². The molecule has 1 heterocycles. The van der Waals surface area contributed by atoms with Crippen molar-refractivity contribution in [1.82, 2.24) is 9.97 Å². The minimum Gasteiger partial charge on any atom is -0.382 e. The zero-order valence-electron chi connectivity index (χ0n) is 18.8. The average Bonchev–Trinajstić information content (AvgIpc) is 3.43. The lowest BCUT2D eigenvalue weighted by Crippen LogP contribution is -2.14. The maximum atomic E-state index is 12.7. The number of hydrogen-bond donors (Lipinski definition) is 3. The molecule has 4 rings (SSSR count). The van der Waals surface area contributed by atoms with E-state index < -0.39 is 10.1 Å². The lowest BCUT2D eigenvalue weighted by Gasteiger charge is -2.14. The second-order valence-corrected chi connectivity index (χ2v) is 10.0. The second-order valence-electron chi connectivity index (χ2n) is 8.46. The number of H-pyrrole nitrogens is 1. The number of hydrogen-bond acceptors (Lipinski definition) is 6. The maximum Gasteiger partial charge on any atom is 0.339 e. The number of amides is 1. The lowest BCUT2D eigenvalue weighted by atomic mass is 10.2. The zero-order chi connectivity index (χ0) is 23.3. The summed E-state index contributed by atoms with van der Waals surface area (Å²) in [4.78, 5) is 19.5. The van der Waals surface area contributed by atoms with E-state index in [0.717, 1.165) is 37.8 Å². The van der Waals surface area contributed by atoms with Gasteiger partial charge in [-0.2, -0.15) is 8.42 Å². The molecule has 8 nitrogen and oxygen atoms in total. The summed E-state index contributed by atoms with van der Waals surface area (Å²) in [5.41, 5.74) is 2.08. The van der Waals surface area contributed by atoms with Crippen LogP contribution in [0.2, 0.25) is 0 Å². The molecule has 2 aromatic carbocycles. The molecule has 1 aliphatic rings. The molecule has 3 aromatic rings. The molecule has 1 saturated carbocycles. The Labute approximate surface area is 194 Å². The van der Waals surface area contributed by atoms with Crippen LogP contribution in [0.25, 0.3) is 11.0 Å². The van der Waals surface area contributed by atoms with Gasteiger partial charge in [-0.05, 0) is 55.7 Å². The number of unbranched alkanes of at least 4 members (excludes halogenated alkanes) is 2. The molecule has 33 heavy (non-hydrogen) atoms. The summed E-state index contributed by atoms with van der Waals surface area (Å²) in [5.74, 6) is 0.382. The summed E-state index contributed by atoms with van der Waals surface area (Å²) < 4.78 is 30.8. The van der Waals surface area contributed by atoms with Gasteiger partial charge < -0.3 is 14.5 Å². The van der Waals surface area contributed by atoms with E-state index in [1.807, 2.05) is 0 Å². The van der Waals surface area contributed by atoms with Crippen molar-refractivity contribution < 1.29 is 17.4 Å². The first kappa shape index (κ1) is 23.1. The quantitative estimate of drug-likeness (QED) is 0.277. The fourth-order valence-corrected chi connectivity index (χ4v) is 4.95. The van der Waals surface area contributed by atoms with Crippen molar-refractivity contribution in [2.75, 3.05) is 10.6 Å². The Balaban J connectivity index is 1.41. The Kier molecular flexibility index (Phi) is 7.17. The first-order chi connectivity index (χ1) is 15.9. The Morgan fingerprint density at radius 1 is 1.12 bits per heavy atom. The molecule has 1 fully saturated rings. The van der Waals surface area contributed by atoms with Crippen molar-refractivity contribution in [3.8, 4) is 5.75 Å². The summed E-state index contributed by atoms with van der Waals surface area (Å²) in [7, 11) is -3.99. The number of rotatable bonds is 10.